The number of methoxy groups -OCH3 is 2. The Morgan fingerprint density at radius 1 is 0.727 bits per heavy atom. The van der Waals surface area contributed by atoms with Crippen molar-refractivity contribution in [1.82, 2.24) is 0 Å². The van der Waals surface area contributed by atoms with Crippen LogP contribution >= 0.6 is 0 Å². The van der Waals surface area contributed by atoms with Crippen LogP contribution in [0.25, 0.3) is 0 Å². The molecule has 8 nitrogen and oxygen atoms in total. The quantitative estimate of drug-likeness (QED) is 0.500. The van der Waals surface area contributed by atoms with Gasteiger partial charge >= 0.3 is 17.9 Å². The first-order valence-electron chi connectivity index (χ1n) is 6.20. The summed E-state index contributed by atoms with van der Waals surface area (Å²) in [5.41, 5.74) is 0. The average molecular weight is 312 g/mol. The van der Waals surface area contributed by atoms with Crippen molar-refractivity contribution < 1.29 is 38.1 Å². The van der Waals surface area contributed by atoms with Gasteiger partial charge in [-0.05, 0) is 24.3 Å². The zero-order valence-corrected chi connectivity index (χ0v) is 12.2. The monoisotopic (exact) mass is 312 g/mol. The molecule has 0 aliphatic heterocycles. The van der Waals surface area contributed by atoms with Crippen molar-refractivity contribution in [3.05, 3.63) is 24.3 Å². The van der Waals surface area contributed by atoms with Gasteiger partial charge in [-0.2, -0.15) is 0 Å². The summed E-state index contributed by atoms with van der Waals surface area (Å²) in [7, 11) is 2.46. The second-order valence-corrected chi connectivity index (χ2v) is 3.86. The highest BCUT2D eigenvalue weighted by molar-refractivity contribution is 5.77. The molecule has 1 aromatic rings. The zero-order valence-electron chi connectivity index (χ0n) is 12.2. The number of carbonyl (C=O) groups excluding carboxylic acids is 3. The molecule has 0 aliphatic rings. The summed E-state index contributed by atoms with van der Waals surface area (Å²) in [6.07, 6.45) is 0. The van der Waals surface area contributed by atoms with Gasteiger partial charge in [0, 0.05) is 0 Å². The molecule has 120 valence electrons. The number of hydrogen-bond acceptors (Lipinski definition) is 8. The highest BCUT2D eigenvalue weighted by Crippen LogP contribution is 2.17. The molecule has 8 heteroatoms. The van der Waals surface area contributed by atoms with Crippen LogP contribution in [0.15, 0.2) is 24.3 Å². The number of esters is 3. The van der Waals surface area contributed by atoms with Crippen LogP contribution in [-0.4, -0.2) is 51.9 Å². The maximum atomic E-state index is 11.3. The van der Waals surface area contributed by atoms with Crippen molar-refractivity contribution in [2.75, 3.05) is 34.0 Å². The molecular formula is C14H16O8. The molecule has 0 atom stereocenters. The van der Waals surface area contributed by atoms with Crippen molar-refractivity contribution >= 4 is 17.9 Å². The first kappa shape index (κ1) is 17.3. The van der Waals surface area contributed by atoms with E-state index < -0.39 is 24.5 Å². The molecular weight excluding hydrogens is 296 g/mol. The number of ether oxygens (including phenoxy) is 5. The van der Waals surface area contributed by atoms with E-state index >= 15 is 0 Å². The van der Waals surface area contributed by atoms with Crippen LogP contribution in [0, 0.1) is 0 Å². The van der Waals surface area contributed by atoms with Gasteiger partial charge in [-0.25, -0.2) is 14.4 Å². The zero-order chi connectivity index (χ0) is 16.4. The average Bonchev–Trinajstić information content (AvgIpc) is 2.56. The van der Waals surface area contributed by atoms with Crippen molar-refractivity contribution in [1.29, 1.82) is 0 Å². The fourth-order valence-corrected chi connectivity index (χ4v) is 1.22. The maximum absolute atomic E-state index is 11.3. The highest BCUT2D eigenvalue weighted by atomic mass is 16.6. The van der Waals surface area contributed by atoms with Gasteiger partial charge in [-0.3, -0.25) is 0 Å². The molecule has 1 rings (SSSR count). The van der Waals surface area contributed by atoms with Crippen molar-refractivity contribution in [2.45, 2.75) is 0 Å². The molecule has 0 aromatic heterocycles. The van der Waals surface area contributed by atoms with Gasteiger partial charge in [0.2, 0.25) is 0 Å². The van der Waals surface area contributed by atoms with Crippen LogP contribution < -0.4 is 9.47 Å². The van der Waals surface area contributed by atoms with Gasteiger partial charge in [0.15, 0.2) is 19.8 Å². The van der Waals surface area contributed by atoms with Crippen LogP contribution in [0.5, 0.6) is 11.5 Å². The molecule has 0 bridgehead atoms. The first-order valence-corrected chi connectivity index (χ1v) is 6.20. The van der Waals surface area contributed by atoms with Gasteiger partial charge < -0.3 is 23.7 Å². The van der Waals surface area contributed by atoms with Gasteiger partial charge in [0.25, 0.3) is 0 Å². The van der Waals surface area contributed by atoms with E-state index in [9.17, 15) is 14.4 Å². The number of hydrogen-bond donors (Lipinski definition) is 0. The van der Waals surface area contributed by atoms with E-state index in [1.165, 1.54) is 14.2 Å². The number of carbonyl (C=O) groups is 3. The largest absolute Gasteiger partial charge is 0.482 e. The van der Waals surface area contributed by atoms with Crippen molar-refractivity contribution in [3.63, 3.8) is 0 Å². The fraction of sp³-hybridized carbons (Fsp3) is 0.357. The topological polar surface area (TPSA) is 97.4 Å². The molecule has 22 heavy (non-hydrogen) atoms. The van der Waals surface area contributed by atoms with Gasteiger partial charge in [0.05, 0.1) is 14.2 Å². The van der Waals surface area contributed by atoms with Crippen LogP contribution in [0.1, 0.15) is 0 Å². The molecule has 0 saturated heterocycles. The summed E-state index contributed by atoms with van der Waals surface area (Å²) in [4.78, 5) is 33.0. The second-order valence-electron chi connectivity index (χ2n) is 3.86. The third kappa shape index (κ3) is 6.60. The highest BCUT2D eigenvalue weighted by Gasteiger charge is 2.08. The van der Waals surface area contributed by atoms with Gasteiger partial charge in [-0.1, -0.05) is 0 Å². The predicted octanol–water partition coefficient (Wildman–Crippen LogP) is 0.333. The standard InChI is InChI=1S/C14H16O8/c1-18-12(15)7-20-10-3-5-11(6-4-10)21-9-14(17)22-8-13(16)19-2/h3-6H,7-9H2,1-2H3. The molecule has 1 aromatic carbocycles. The molecule has 0 N–H and O–H groups in total. The third-order valence-corrected chi connectivity index (χ3v) is 2.34. The molecule has 0 heterocycles. The first-order chi connectivity index (χ1) is 10.5. The molecule has 0 radical (unpaired) electrons. The lowest BCUT2D eigenvalue weighted by Gasteiger charge is -2.08. The molecule has 0 spiro atoms. The van der Waals surface area contributed by atoms with E-state index in [0.29, 0.717) is 11.5 Å². The summed E-state index contributed by atoms with van der Waals surface area (Å²) in [5, 5.41) is 0. The number of rotatable bonds is 8. The lowest BCUT2D eigenvalue weighted by molar-refractivity contribution is -0.158. The van der Waals surface area contributed by atoms with E-state index in [2.05, 4.69) is 14.2 Å². The Hall–Kier alpha value is -2.77. The van der Waals surface area contributed by atoms with E-state index in [4.69, 9.17) is 9.47 Å². The second kappa shape index (κ2) is 9.22. The summed E-state index contributed by atoms with van der Waals surface area (Å²) in [5.74, 6) is -0.989. The van der Waals surface area contributed by atoms with Crippen LogP contribution in [0.4, 0.5) is 0 Å². The van der Waals surface area contributed by atoms with Gasteiger partial charge in [0.1, 0.15) is 11.5 Å². The summed E-state index contributed by atoms with van der Waals surface area (Å²) < 4.78 is 23.7. The van der Waals surface area contributed by atoms with E-state index in [0.717, 1.165) is 0 Å². The Labute approximate surface area is 126 Å². The SMILES string of the molecule is COC(=O)COC(=O)COc1ccc(OCC(=O)OC)cc1. The number of benzene rings is 1. The summed E-state index contributed by atoms with van der Waals surface area (Å²) >= 11 is 0. The molecule has 0 aliphatic carbocycles. The van der Waals surface area contributed by atoms with Crippen molar-refractivity contribution in [2.24, 2.45) is 0 Å². The Balaban J connectivity index is 2.33. The Morgan fingerprint density at radius 3 is 1.59 bits per heavy atom. The predicted molar refractivity (Wildman–Crippen MR) is 72.4 cm³/mol. The van der Waals surface area contributed by atoms with E-state index in [1.54, 1.807) is 24.3 Å². The van der Waals surface area contributed by atoms with E-state index in [1.807, 2.05) is 0 Å². The Kier molecular flexibility index (Phi) is 7.24. The molecule has 0 fully saturated rings. The summed E-state index contributed by atoms with van der Waals surface area (Å²) in [6.45, 7) is -1.01. The van der Waals surface area contributed by atoms with Gasteiger partial charge in [-0.15, -0.1) is 0 Å². The maximum Gasteiger partial charge on any atom is 0.344 e. The van der Waals surface area contributed by atoms with Crippen LogP contribution in [0.3, 0.4) is 0 Å². The normalized spacial score (nSPS) is 9.55. The molecule has 0 amide bonds. The molecule has 0 unspecified atom stereocenters. The molecule has 0 saturated carbocycles. The van der Waals surface area contributed by atoms with E-state index in [-0.39, 0.29) is 13.2 Å². The third-order valence-electron chi connectivity index (χ3n) is 2.34. The smallest absolute Gasteiger partial charge is 0.344 e. The Morgan fingerprint density at radius 2 is 1.14 bits per heavy atom. The minimum atomic E-state index is -0.698. The summed E-state index contributed by atoms with van der Waals surface area (Å²) in [6, 6.07) is 6.25. The minimum absolute atomic E-state index is 0.198. The van der Waals surface area contributed by atoms with Crippen LogP contribution in [-0.2, 0) is 28.6 Å². The lowest BCUT2D eigenvalue weighted by Crippen LogP contribution is -2.20. The fourth-order valence-electron chi connectivity index (χ4n) is 1.22. The lowest BCUT2D eigenvalue weighted by atomic mass is 10.3. The van der Waals surface area contributed by atoms with Crippen molar-refractivity contribution in [3.8, 4) is 11.5 Å². The van der Waals surface area contributed by atoms with Crippen LogP contribution in [0.2, 0.25) is 0 Å². The minimum Gasteiger partial charge on any atom is -0.482 e. The Bertz CT molecular complexity index is 508.